The first-order valence-electron chi connectivity index (χ1n) is 7.17. The van der Waals surface area contributed by atoms with Crippen molar-refractivity contribution in [3.05, 3.63) is 54.2 Å². The van der Waals surface area contributed by atoms with E-state index in [2.05, 4.69) is 22.0 Å². The van der Waals surface area contributed by atoms with Crippen LogP contribution in [0.1, 0.15) is 28.9 Å². The summed E-state index contributed by atoms with van der Waals surface area (Å²) in [7, 11) is 0. The zero-order valence-electron chi connectivity index (χ0n) is 11.8. The topological polar surface area (TPSA) is 55.6 Å². The number of piperidine rings is 1. The molecule has 1 aromatic heterocycles. The highest BCUT2D eigenvalue weighted by Crippen LogP contribution is 2.17. The molecule has 1 atom stereocenters. The van der Waals surface area contributed by atoms with E-state index >= 15 is 0 Å². The number of benzene rings is 1. The molecule has 1 saturated heterocycles. The molecular formula is C16H18N2O3. The number of esters is 1. The normalized spacial score (nSPS) is 19.3. The van der Waals surface area contributed by atoms with Gasteiger partial charge in [-0.25, -0.2) is 9.78 Å². The Morgan fingerprint density at radius 2 is 2.24 bits per heavy atom. The number of hydrogen-bond acceptors (Lipinski definition) is 5. The van der Waals surface area contributed by atoms with Crippen LogP contribution in [0.25, 0.3) is 0 Å². The van der Waals surface area contributed by atoms with Crippen molar-refractivity contribution in [1.29, 1.82) is 0 Å². The van der Waals surface area contributed by atoms with E-state index in [1.165, 1.54) is 18.2 Å². The van der Waals surface area contributed by atoms with Crippen molar-refractivity contribution in [2.75, 3.05) is 13.1 Å². The summed E-state index contributed by atoms with van der Waals surface area (Å²) in [6.07, 6.45) is 4.40. The Balaban J connectivity index is 1.55. The van der Waals surface area contributed by atoms with Crippen molar-refractivity contribution in [1.82, 2.24) is 9.88 Å². The summed E-state index contributed by atoms with van der Waals surface area (Å²) in [5.74, 6) is -0.407. The number of carbonyl (C=O) groups excluding carboxylic acids is 1. The summed E-state index contributed by atoms with van der Waals surface area (Å²) in [5.41, 5.74) is 1.51. The second-order valence-electron chi connectivity index (χ2n) is 5.26. The van der Waals surface area contributed by atoms with E-state index < -0.39 is 5.97 Å². The number of carbonyl (C=O) groups is 1. The number of aromatic nitrogens is 1. The number of nitrogens with zero attached hydrogens (tertiary/aromatic N) is 2. The zero-order chi connectivity index (χ0) is 14.5. The van der Waals surface area contributed by atoms with E-state index in [1.807, 2.05) is 18.2 Å². The molecule has 1 unspecified atom stereocenters. The highest BCUT2D eigenvalue weighted by molar-refractivity contribution is 5.86. The summed E-state index contributed by atoms with van der Waals surface area (Å²) >= 11 is 0. The van der Waals surface area contributed by atoms with Crippen LogP contribution in [0.2, 0.25) is 0 Å². The van der Waals surface area contributed by atoms with Crippen molar-refractivity contribution in [3.63, 3.8) is 0 Å². The Labute approximate surface area is 123 Å². The lowest BCUT2D eigenvalue weighted by Gasteiger charge is -2.32. The van der Waals surface area contributed by atoms with E-state index in [0.717, 1.165) is 32.5 Å². The minimum absolute atomic E-state index is 0.0772. The summed E-state index contributed by atoms with van der Waals surface area (Å²) in [6, 6.07) is 10.3. The van der Waals surface area contributed by atoms with Crippen molar-refractivity contribution in [2.45, 2.75) is 25.5 Å². The van der Waals surface area contributed by atoms with Gasteiger partial charge in [0.15, 0.2) is 12.1 Å². The van der Waals surface area contributed by atoms with E-state index in [4.69, 9.17) is 9.15 Å². The molecule has 0 N–H and O–H groups in total. The fourth-order valence-corrected chi connectivity index (χ4v) is 2.62. The van der Waals surface area contributed by atoms with Crippen LogP contribution in [-0.2, 0) is 11.3 Å². The number of rotatable bonds is 4. The predicted molar refractivity (Wildman–Crippen MR) is 76.7 cm³/mol. The average molecular weight is 286 g/mol. The molecule has 0 amide bonds. The minimum atomic E-state index is -0.407. The molecule has 110 valence electrons. The molecule has 1 aromatic carbocycles. The lowest BCUT2D eigenvalue weighted by Crippen LogP contribution is -2.40. The van der Waals surface area contributed by atoms with Crippen LogP contribution in [0.5, 0.6) is 0 Å². The van der Waals surface area contributed by atoms with Crippen LogP contribution in [0.15, 0.2) is 47.4 Å². The lowest BCUT2D eigenvalue weighted by atomic mass is 10.1. The van der Waals surface area contributed by atoms with Crippen LogP contribution in [-0.4, -0.2) is 35.0 Å². The molecular weight excluding hydrogens is 268 g/mol. The Hall–Kier alpha value is -2.14. The highest BCUT2D eigenvalue weighted by atomic mass is 16.5. The van der Waals surface area contributed by atoms with Crippen molar-refractivity contribution >= 4 is 5.97 Å². The molecule has 0 radical (unpaired) electrons. The van der Waals surface area contributed by atoms with Gasteiger partial charge in [-0.3, -0.25) is 4.90 Å². The maximum absolute atomic E-state index is 11.9. The molecule has 0 spiro atoms. The van der Waals surface area contributed by atoms with Crippen molar-refractivity contribution < 1.29 is 13.9 Å². The number of oxazole rings is 1. The van der Waals surface area contributed by atoms with Gasteiger partial charge in [-0.05, 0) is 24.9 Å². The van der Waals surface area contributed by atoms with Gasteiger partial charge in [-0.15, -0.1) is 0 Å². The fourth-order valence-electron chi connectivity index (χ4n) is 2.62. The molecule has 0 bridgehead atoms. The Bertz CT molecular complexity index is 568. The van der Waals surface area contributed by atoms with Gasteiger partial charge in [0, 0.05) is 13.1 Å². The molecule has 0 aliphatic carbocycles. The zero-order valence-corrected chi connectivity index (χ0v) is 11.8. The molecule has 1 fully saturated rings. The molecule has 5 nitrogen and oxygen atoms in total. The van der Waals surface area contributed by atoms with Crippen LogP contribution in [0.4, 0.5) is 0 Å². The smallest absolute Gasteiger partial charge is 0.360 e. The van der Waals surface area contributed by atoms with E-state index in [9.17, 15) is 4.79 Å². The van der Waals surface area contributed by atoms with Crippen LogP contribution >= 0.6 is 0 Å². The predicted octanol–water partition coefficient (Wildman–Crippen LogP) is 2.50. The van der Waals surface area contributed by atoms with Gasteiger partial charge in [0.25, 0.3) is 0 Å². The first-order chi connectivity index (χ1) is 10.3. The van der Waals surface area contributed by atoms with E-state index in [1.54, 1.807) is 0 Å². The van der Waals surface area contributed by atoms with Crippen LogP contribution < -0.4 is 0 Å². The van der Waals surface area contributed by atoms with Gasteiger partial charge in [0.05, 0.1) is 0 Å². The number of ether oxygens (including phenoxy) is 1. The standard InChI is InChI=1S/C16H18N2O3/c19-16(15-11-20-12-17-15)21-14-7-4-8-18(10-14)9-13-5-2-1-3-6-13/h1-3,5-6,11-12,14H,4,7-10H2. The lowest BCUT2D eigenvalue weighted by molar-refractivity contribution is 0.00504. The van der Waals surface area contributed by atoms with E-state index in [0.29, 0.717) is 0 Å². The summed E-state index contributed by atoms with van der Waals surface area (Å²) < 4.78 is 10.3. The monoisotopic (exact) mass is 286 g/mol. The third kappa shape index (κ3) is 3.70. The maximum Gasteiger partial charge on any atom is 0.360 e. The average Bonchev–Trinajstić information content (AvgIpc) is 3.03. The first-order valence-corrected chi connectivity index (χ1v) is 7.17. The van der Waals surface area contributed by atoms with Gasteiger partial charge in [-0.2, -0.15) is 0 Å². The Morgan fingerprint density at radius 3 is 3.00 bits per heavy atom. The van der Waals surface area contributed by atoms with Crippen molar-refractivity contribution in [3.8, 4) is 0 Å². The molecule has 2 aromatic rings. The molecule has 2 heterocycles. The summed E-state index contributed by atoms with van der Waals surface area (Å²) in [4.78, 5) is 18.0. The summed E-state index contributed by atoms with van der Waals surface area (Å²) in [6.45, 7) is 2.68. The molecule has 3 rings (SSSR count). The van der Waals surface area contributed by atoms with Crippen LogP contribution in [0, 0.1) is 0 Å². The second-order valence-corrected chi connectivity index (χ2v) is 5.26. The van der Waals surface area contributed by atoms with Gasteiger partial charge in [-0.1, -0.05) is 30.3 Å². The molecule has 1 aliphatic rings. The summed E-state index contributed by atoms with van der Waals surface area (Å²) in [5, 5.41) is 0. The van der Waals surface area contributed by atoms with Gasteiger partial charge in [0.1, 0.15) is 12.4 Å². The quantitative estimate of drug-likeness (QED) is 0.808. The van der Waals surface area contributed by atoms with Gasteiger partial charge < -0.3 is 9.15 Å². The maximum atomic E-state index is 11.9. The SMILES string of the molecule is O=C(OC1CCCN(Cc2ccccc2)C1)c1cocn1. The fraction of sp³-hybridized carbons (Fsp3) is 0.375. The number of hydrogen-bond donors (Lipinski definition) is 0. The molecule has 21 heavy (non-hydrogen) atoms. The van der Waals surface area contributed by atoms with E-state index in [-0.39, 0.29) is 11.8 Å². The highest BCUT2D eigenvalue weighted by Gasteiger charge is 2.24. The number of likely N-dealkylation sites (tertiary alicyclic amines) is 1. The molecule has 0 saturated carbocycles. The molecule has 5 heteroatoms. The van der Waals surface area contributed by atoms with Crippen LogP contribution in [0.3, 0.4) is 0 Å². The molecule has 1 aliphatic heterocycles. The van der Waals surface area contributed by atoms with Gasteiger partial charge in [0.2, 0.25) is 0 Å². The Kier molecular flexibility index (Phi) is 4.31. The van der Waals surface area contributed by atoms with Crippen molar-refractivity contribution in [2.24, 2.45) is 0 Å². The Morgan fingerprint density at radius 1 is 1.38 bits per heavy atom. The largest absolute Gasteiger partial charge is 0.456 e. The third-order valence-electron chi connectivity index (χ3n) is 3.63. The minimum Gasteiger partial charge on any atom is -0.456 e. The second kappa shape index (κ2) is 6.54. The third-order valence-corrected chi connectivity index (χ3v) is 3.63. The first kappa shape index (κ1) is 13.8. The van der Waals surface area contributed by atoms with Gasteiger partial charge >= 0.3 is 5.97 Å².